The predicted molar refractivity (Wildman–Crippen MR) is 128 cm³/mol. The number of unbranched alkanes of at least 4 members (excludes halogenated alkanes) is 1. The zero-order chi connectivity index (χ0) is 24.5. The van der Waals surface area contributed by atoms with Crippen molar-refractivity contribution in [2.24, 2.45) is 11.8 Å². The molecule has 0 aromatic carbocycles. The maximum Gasteiger partial charge on any atom is 0.308 e. The Kier molecular flexibility index (Phi) is 7.61. The minimum absolute atomic E-state index is 0.0158. The lowest BCUT2D eigenvalue weighted by Crippen LogP contribution is -2.56. The van der Waals surface area contributed by atoms with Gasteiger partial charge in [0.2, 0.25) is 11.8 Å². The van der Waals surface area contributed by atoms with Gasteiger partial charge in [0.1, 0.15) is 6.04 Å². The quantitative estimate of drug-likeness (QED) is 0.318. The van der Waals surface area contributed by atoms with Crippen molar-refractivity contribution >= 4 is 29.5 Å². The van der Waals surface area contributed by atoms with E-state index in [0.717, 1.165) is 13.1 Å². The summed E-state index contributed by atoms with van der Waals surface area (Å²) in [6.45, 7) is 10.8. The first kappa shape index (κ1) is 25.5. The molecule has 0 saturated carbocycles. The minimum Gasteiger partial charge on any atom is -0.481 e. The first-order chi connectivity index (χ1) is 16.3. The van der Waals surface area contributed by atoms with Gasteiger partial charge in [0.05, 0.1) is 29.8 Å². The summed E-state index contributed by atoms with van der Waals surface area (Å²) in [6, 6.07) is -0.690. The van der Waals surface area contributed by atoms with E-state index in [4.69, 9.17) is 4.74 Å². The zero-order valence-electron chi connectivity index (χ0n) is 20.0. The average molecular weight is 496 g/mol. The Hall–Kier alpha value is -1.62. The highest BCUT2D eigenvalue weighted by Gasteiger charge is 2.77. The number of aliphatic hydroxyl groups excluding tert-OH is 1. The van der Waals surface area contributed by atoms with Crippen molar-refractivity contribution in [1.82, 2.24) is 14.7 Å². The highest BCUT2D eigenvalue weighted by atomic mass is 32.2. The number of aliphatic hydroxyl groups is 1. The van der Waals surface area contributed by atoms with E-state index >= 15 is 0 Å². The Morgan fingerprint density at radius 1 is 1.26 bits per heavy atom. The van der Waals surface area contributed by atoms with Gasteiger partial charge in [-0.05, 0) is 32.6 Å². The van der Waals surface area contributed by atoms with Gasteiger partial charge in [-0.1, -0.05) is 6.08 Å². The molecule has 1 spiro atoms. The number of nitrogens with zero attached hydrogens (tertiary/aromatic N) is 3. The van der Waals surface area contributed by atoms with Crippen LogP contribution in [-0.2, 0) is 19.1 Å². The Morgan fingerprint density at radius 2 is 2.00 bits per heavy atom. The van der Waals surface area contributed by atoms with Crippen molar-refractivity contribution in [2.75, 3.05) is 59.1 Å². The molecule has 4 fully saturated rings. The molecule has 9 nitrogen and oxygen atoms in total. The van der Waals surface area contributed by atoms with Crippen LogP contribution in [0, 0.1) is 11.8 Å². The zero-order valence-corrected chi connectivity index (χ0v) is 20.8. The number of thioether (sulfide) groups is 1. The van der Waals surface area contributed by atoms with Crippen LogP contribution < -0.4 is 0 Å². The van der Waals surface area contributed by atoms with Gasteiger partial charge in [0.25, 0.3) is 0 Å². The molecule has 2 unspecified atom stereocenters. The van der Waals surface area contributed by atoms with Crippen LogP contribution in [0.1, 0.15) is 32.6 Å². The molecule has 4 aliphatic heterocycles. The summed E-state index contributed by atoms with van der Waals surface area (Å²) >= 11 is 1.56. The van der Waals surface area contributed by atoms with Crippen molar-refractivity contribution in [2.45, 2.75) is 48.1 Å². The van der Waals surface area contributed by atoms with Crippen molar-refractivity contribution in [3.63, 3.8) is 0 Å². The molecule has 4 aliphatic rings. The normalized spacial score (nSPS) is 34.9. The summed E-state index contributed by atoms with van der Waals surface area (Å²) in [5.74, 6) is -2.77. The van der Waals surface area contributed by atoms with Crippen LogP contribution in [0.15, 0.2) is 12.7 Å². The maximum atomic E-state index is 14.1. The van der Waals surface area contributed by atoms with Gasteiger partial charge in [0.15, 0.2) is 0 Å². The SMILES string of the molecule is C=CCN(CCN1CCOCC1)C(=O)C1N(CCCCO)C(=O)[C@@H]2[C@H](C(=O)O)[C@]3(C)CCC12S3. The number of hydrogen-bond acceptors (Lipinski definition) is 7. The number of carboxylic acid groups (broad SMARTS) is 1. The van der Waals surface area contributed by atoms with Crippen LogP contribution in [-0.4, -0.2) is 117 Å². The minimum atomic E-state index is -0.950. The highest BCUT2D eigenvalue weighted by molar-refractivity contribution is 8.02. The largest absolute Gasteiger partial charge is 0.481 e. The number of ether oxygens (including phenoxy) is 1. The Morgan fingerprint density at radius 3 is 2.65 bits per heavy atom. The first-order valence-electron chi connectivity index (χ1n) is 12.3. The third kappa shape index (κ3) is 4.27. The first-order valence-corrected chi connectivity index (χ1v) is 13.1. The van der Waals surface area contributed by atoms with E-state index < -0.39 is 33.3 Å². The van der Waals surface area contributed by atoms with Crippen LogP contribution in [0.25, 0.3) is 0 Å². The monoisotopic (exact) mass is 495 g/mol. The average Bonchev–Trinajstić information content (AvgIpc) is 3.38. The molecule has 2 bridgehead atoms. The third-order valence-electron chi connectivity index (χ3n) is 8.03. The van der Waals surface area contributed by atoms with E-state index in [1.165, 1.54) is 0 Å². The van der Waals surface area contributed by atoms with Crippen molar-refractivity contribution in [3.05, 3.63) is 12.7 Å². The lowest BCUT2D eigenvalue weighted by molar-refractivity contribution is -0.150. The van der Waals surface area contributed by atoms with Gasteiger partial charge in [-0.2, -0.15) is 0 Å². The number of amides is 2. The molecule has 4 saturated heterocycles. The number of hydrogen-bond donors (Lipinski definition) is 2. The summed E-state index contributed by atoms with van der Waals surface area (Å²) in [4.78, 5) is 45.8. The smallest absolute Gasteiger partial charge is 0.308 e. The van der Waals surface area contributed by atoms with E-state index in [1.54, 1.807) is 27.6 Å². The molecule has 5 atom stereocenters. The van der Waals surface area contributed by atoms with Gasteiger partial charge in [0, 0.05) is 50.6 Å². The summed E-state index contributed by atoms with van der Waals surface area (Å²) in [5, 5.41) is 19.3. The number of rotatable bonds is 11. The number of carbonyl (C=O) groups is 3. The maximum absolute atomic E-state index is 14.1. The molecule has 0 radical (unpaired) electrons. The molecule has 34 heavy (non-hydrogen) atoms. The Labute approximate surface area is 205 Å². The van der Waals surface area contributed by atoms with E-state index in [0.29, 0.717) is 65.1 Å². The summed E-state index contributed by atoms with van der Waals surface area (Å²) in [7, 11) is 0. The van der Waals surface area contributed by atoms with Crippen molar-refractivity contribution in [1.29, 1.82) is 0 Å². The van der Waals surface area contributed by atoms with Gasteiger partial charge in [-0.25, -0.2) is 0 Å². The number of likely N-dealkylation sites (tertiary alicyclic amines) is 1. The molecule has 10 heteroatoms. The second kappa shape index (κ2) is 10.2. The molecule has 2 N–H and O–H groups in total. The second-order valence-corrected chi connectivity index (χ2v) is 12.0. The summed E-state index contributed by atoms with van der Waals surface area (Å²) in [6.07, 6.45) is 4.15. The molecule has 2 amide bonds. The van der Waals surface area contributed by atoms with Crippen LogP contribution in [0.4, 0.5) is 0 Å². The van der Waals surface area contributed by atoms with Crippen molar-refractivity contribution in [3.8, 4) is 0 Å². The van der Waals surface area contributed by atoms with Gasteiger partial charge >= 0.3 is 5.97 Å². The van der Waals surface area contributed by atoms with Crippen LogP contribution in [0.5, 0.6) is 0 Å². The number of aliphatic carboxylic acids is 1. The van der Waals surface area contributed by atoms with Crippen molar-refractivity contribution < 1.29 is 29.3 Å². The predicted octanol–water partition coefficient (Wildman–Crippen LogP) is 0.672. The third-order valence-corrected chi connectivity index (χ3v) is 10.0. The standard InChI is InChI=1S/C24H37N3O6S/c1-3-8-26(11-10-25-12-15-33-16-13-25)21(30)19-24-7-6-23(2,34-24)18(22(31)32)17(24)20(29)27(19)9-4-5-14-28/h3,17-19,28H,1,4-16H2,2H3,(H,31,32)/t17-,18+,19?,23-,24?/m0/s1. The number of morpholine rings is 1. The number of carboxylic acids is 1. The topological polar surface area (TPSA) is 111 Å². The molecule has 0 aromatic rings. The second-order valence-electron chi connectivity index (χ2n) is 10.1. The lowest BCUT2D eigenvalue weighted by Gasteiger charge is -2.38. The highest BCUT2D eigenvalue weighted by Crippen LogP contribution is 2.71. The van der Waals surface area contributed by atoms with E-state index in [-0.39, 0.29) is 18.4 Å². The fraction of sp³-hybridized carbons (Fsp3) is 0.792. The Balaban J connectivity index is 1.62. The van der Waals surface area contributed by atoms with Gasteiger partial charge in [-0.3, -0.25) is 19.3 Å². The number of fused-ring (bicyclic) bond motifs is 1. The van der Waals surface area contributed by atoms with Gasteiger partial charge in [-0.15, -0.1) is 18.3 Å². The molecule has 0 aliphatic carbocycles. The van der Waals surface area contributed by atoms with E-state index in [2.05, 4.69) is 11.5 Å². The van der Waals surface area contributed by atoms with E-state index in [1.807, 2.05) is 6.92 Å². The molecular weight excluding hydrogens is 458 g/mol. The molecule has 190 valence electrons. The Bertz CT molecular complexity index is 821. The fourth-order valence-electron chi connectivity index (χ4n) is 6.42. The summed E-state index contributed by atoms with van der Waals surface area (Å²) in [5.41, 5.74) is 0. The lowest BCUT2D eigenvalue weighted by atomic mass is 9.66. The number of carbonyl (C=O) groups excluding carboxylic acids is 2. The fourth-order valence-corrected chi connectivity index (χ4v) is 8.77. The van der Waals surface area contributed by atoms with Gasteiger partial charge < -0.3 is 24.7 Å². The van der Waals surface area contributed by atoms with E-state index in [9.17, 15) is 24.6 Å². The van der Waals surface area contributed by atoms with Crippen LogP contribution in [0.2, 0.25) is 0 Å². The van der Waals surface area contributed by atoms with Crippen LogP contribution in [0.3, 0.4) is 0 Å². The molecule has 4 heterocycles. The molecule has 4 rings (SSSR count). The molecular formula is C24H37N3O6S. The van der Waals surface area contributed by atoms with Crippen LogP contribution >= 0.6 is 11.8 Å². The molecule has 0 aromatic heterocycles. The summed E-state index contributed by atoms with van der Waals surface area (Å²) < 4.78 is 4.16.